The number of nitrogens with one attached hydrogen (secondary N) is 1. The smallest absolute Gasteiger partial charge is 0.376 e. The van der Waals surface area contributed by atoms with Crippen LogP contribution in [-0.4, -0.2) is 72.8 Å². The van der Waals surface area contributed by atoms with Crippen LogP contribution in [0.4, 0.5) is 19.0 Å². The van der Waals surface area contributed by atoms with Crippen molar-refractivity contribution in [2.45, 2.75) is 43.0 Å². The fourth-order valence-corrected chi connectivity index (χ4v) is 4.90. The third-order valence-electron chi connectivity index (χ3n) is 6.22. The first kappa shape index (κ1) is 25.7. The van der Waals surface area contributed by atoms with Gasteiger partial charge in [0.25, 0.3) is 5.91 Å². The Labute approximate surface area is 207 Å². The molecule has 2 aliphatic heterocycles. The number of rotatable bonds is 8. The summed E-state index contributed by atoms with van der Waals surface area (Å²) in [7, 11) is 0. The maximum atomic E-state index is 13.5. The van der Waals surface area contributed by atoms with Crippen molar-refractivity contribution in [2.75, 3.05) is 50.8 Å². The SMILES string of the molecule is CCN1CCN(c2cc(C(F)(F)F)nc(SCc3ccc(C(=O)NC[C@H]4CCCO4)cc3)n2)CC1. The fourth-order valence-electron chi connectivity index (χ4n) is 4.09. The summed E-state index contributed by atoms with van der Waals surface area (Å²) in [5, 5.41) is 2.97. The van der Waals surface area contributed by atoms with Crippen molar-refractivity contribution in [3.63, 3.8) is 0 Å². The van der Waals surface area contributed by atoms with Crippen molar-refractivity contribution in [3.8, 4) is 0 Å². The van der Waals surface area contributed by atoms with E-state index in [-0.39, 0.29) is 17.2 Å². The molecule has 2 aromatic rings. The number of anilines is 1. The van der Waals surface area contributed by atoms with Gasteiger partial charge < -0.3 is 19.9 Å². The highest BCUT2D eigenvalue weighted by molar-refractivity contribution is 7.98. The van der Waals surface area contributed by atoms with Crippen molar-refractivity contribution in [2.24, 2.45) is 0 Å². The number of amides is 1. The highest BCUT2D eigenvalue weighted by Gasteiger charge is 2.34. The van der Waals surface area contributed by atoms with Crippen LogP contribution in [0, 0.1) is 0 Å². The van der Waals surface area contributed by atoms with Gasteiger partial charge in [-0.25, -0.2) is 9.97 Å². The monoisotopic (exact) mass is 509 g/mol. The summed E-state index contributed by atoms with van der Waals surface area (Å²) in [4.78, 5) is 24.7. The molecule has 1 aromatic heterocycles. The fraction of sp³-hybridized carbons (Fsp3) is 0.542. The standard InChI is InChI=1S/C24H30F3N5O2S/c1-2-31-9-11-32(12-10-31)21-14-20(24(25,26)27)29-23(30-21)35-16-17-5-7-18(8-6-17)22(33)28-15-19-4-3-13-34-19/h5-8,14,19H,2-4,9-13,15-16H2,1H3,(H,28,33)/t19-/m1/s1. The Morgan fingerprint density at radius 1 is 1.17 bits per heavy atom. The molecule has 1 aromatic carbocycles. The van der Waals surface area contributed by atoms with E-state index < -0.39 is 11.9 Å². The molecule has 2 fully saturated rings. The Morgan fingerprint density at radius 3 is 2.54 bits per heavy atom. The normalized spacial score (nSPS) is 19.2. The molecule has 1 amide bonds. The number of hydrogen-bond donors (Lipinski definition) is 1. The van der Waals surface area contributed by atoms with Gasteiger partial charge in [-0.05, 0) is 37.1 Å². The summed E-state index contributed by atoms with van der Waals surface area (Å²) in [5.41, 5.74) is 0.464. The van der Waals surface area contributed by atoms with E-state index in [1.165, 1.54) is 0 Å². The van der Waals surface area contributed by atoms with Gasteiger partial charge in [-0.3, -0.25) is 4.79 Å². The second-order valence-electron chi connectivity index (χ2n) is 8.64. The third kappa shape index (κ3) is 7.08. The Balaban J connectivity index is 1.38. The number of carbonyl (C=O) groups is 1. The van der Waals surface area contributed by atoms with Gasteiger partial charge in [0.15, 0.2) is 10.9 Å². The molecule has 1 atom stereocenters. The number of benzene rings is 1. The van der Waals surface area contributed by atoms with Crippen LogP contribution in [0.3, 0.4) is 0 Å². The van der Waals surface area contributed by atoms with Crippen molar-refractivity contribution in [1.29, 1.82) is 0 Å². The maximum absolute atomic E-state index is 13.5. The number of piperazine rings is 1. The van der Waals surface area contributed by atoms with E-state index in [1.54, 1.807) is 24.3 Å². The van der Waals surface area contributed by atoms with E-state index >= 15 is 0 Å². The van der Waals surface area contributed by atoms with Crippen LogP contribution in [0.25, 0.3) is 0 Å². The molecule has 2 saturated heterocycles. The van der Waals surface area contributed by atoms with Gasteiger partial charge in [0.2, 0.25) is 0 Å². The van der Waals surface area contributed by atoms with Crippen LogP contribution >= 0.6 is 11.8 Å². The quantitative estimate of drug-likeness (QED) is 0.428. The Morgan fingerprint density at radius 2 is 1.91 bits per heavy atom. The van der Waals surface area contributed by atoms with Crippen LogP contribution in [-0.2, 0) is 16.7 Å². The lowest BCUT2D eigenvalue weighted by Crippen LogP contribution is -2.46. The molecule has 35 heavy (non-hydrogen) atoms. The van der Waals surface area contributed by atoms with Gasteiger partial charge in [-0.2, -0.15) is 13.2 Å². The minimum Gasteiger partial charge on any atom is -0.376 e. The van der Waals surface area contributed by atoms with E-state index in [2.05, 4.69) is 27.1 Å². The first-order valence-electron chi connectivity index (χ1n) is 11.9. The molecule has 0 saturated carbocycles. The molecule has 0 spiro atoms. The average Bonchev–Trinajstić information content (AvgIpc) is 3.39. The number of alkyl halides is 3. The van der Waals surface area contributed by atoms with Gasteiger partial charge in [-0.15, -0.1) is 0 Å². The lowest BCUT2D eigenvalue weighted by Gasteiger charge is -2.35. The van der Waals surface area contributed by atoms with E-state index in [1.807, 2.05) is 4.90 Å². The van der Waals surface area contributed by atoms with Crippen LogP contribution in [0.1, 0.15) is 41.4 Å². The molecule has 7 nitrogen and oxygen atoms in total. The number of halogens is 3. The van der Waals surface area contributed by atoms with Crippen LogP contribution in [0.5, 0.6) is 0 Å². The first-order chi connectivity index (χ1) is 16.8. The van der Waals surface area contributed by atoms with E-state index in [0.29, 0.717) is 36.8 Å². The summed E-state index contributed by atoms with van der Waals surface area (Å²) in [5.74, 6) is 0.528. The van der Waals surface area contributed by atoms with Gasteiger partial charge >= 0.3 is 6.18 Å². The largest absolute Gasteiger partial charge is 0.433 e. The highest BCUT2D eigenvalue weighted by atomic mass is 32.2. The second kappa shape index (κ2) is 11.6. The number of aromatic nitrogens is 2. The lowest BCUT2D eigenvalue weighted by molar-refractivity contribution is -0.141. The summed E-state index contributed by atoms with van der Waals surface area (Å²) in [6.07, 6.45) is -2.51. The molecular weight excluding hydrogens is 479 g/mol. The van der Waals surface area contributed by atoms with Crippen molar-refractivity contribution in [1.82, 2.24) is 20.2 Å². The Kier molecular flexibility index (Phi) is 8.51. The number of carbonyl (C=O) groups excluding carboxylic acids is 1. The summed E-state index contributed by atoms with van der Waals surface area (Å²) < 4.78 is 46.0. The van der Waals surface area contributed by atoms with Crippen LogP contribution in [0.15, 0.2) is 35.5 Å². The molecule has 1 N–H and O–H groups in total. The molecule has 0 radical (unpaired) electrons. The topological polar surface area (TPSA) is 70.6 Å². The zero-order valence-corrected chi connectivity index (χ0v) is 20.5. The molecule has 3 heterocycles. The predicted molar refractivity (Wildman–Crippen MR) is 129 cm³/mol. The lowest BCUT2D eigenvalue weighted by atomic mass is 10.1. The van der Waals surface area contributed by atoms with Crippen molar-refractivity contribution < 1.29 is 22.7 Å². The predicted octanol–water partition coefficient (Wildman–Crippen LogP) is 3.84. The van der Waals surface area contributed by atoms with E-state index in [4.69, 9.17) is 4.74 Å². The minimum absolute atomic E-state index is 0.0718. The average molecular weight is 510 g/mol. The highest BCUT2D eigenvalue weighted by Crippen LogP contribution is 2.32. The third-order valence-corrected chi connectivity index (χ3v) is 7.14. The van der Waals surface area contributed by atoms with Crippen LogP contribution in [0.2, 0.25) is 0 Å². The zero-order valence-electron chi connectivity index (χ0n) is 19.7. The number of ether oxygens (including phenoxy) is 1. The van der Waals surface area contributed by atoms with Crippen molar-refractivity contribution >= 4 is 23.5 Å². The minimum atomic E-state index is -4.54. The molecule has 2 aliphatic rings. The molecule has 0 unspecified atom stereocenters. The molecule has 4 rings (SSSR count). The van der Waals surface area contributed by atoms with Crippen LogP contribution < -0.4 is 10.2 Å². The van der Waals surface area contributed by atoms with E-state index in [0.717, 1.165) is 62.5 Å². The molecule has 11 heteroatoms. The molecule has 190 valence electrons. The van der Waals surface area contributed by atoms with Gasteiger partial charge in [0.1, 0.15) is 5.82 Å². The molecular formula is C24H30F3N5O2S. The maximum Gasteiger partial charge on any atom is 0.433 e. The van der Waals surface area contributed by atoms with Gasteiger partial charge in [0, 0.05) is 56.7 Å². The number of likely N-dealkylation sites (N-methyl/N-ethyl adjacent to an activating group) is 1. The number of nitrogens with zero attached hydrogens (tertiary/aromatic N) is 4. The first-order valence-corrected chi connectivity index (χ1v) is 12.9. The van der Waals surface area contributed by atoms with Gasteiger partial charge in [-0.1, -0.05) is 30.8 Å². The molecule has 0 aliphatic carbocycles. The Bertz CT molecular complexity index is 992. The summed E-state index contributed by atoms with van der Waals surface area (Å²) in [6.45, 7) is 7.04. The second-order valence-corrected chi connectivity index (χ2v) is 9.59. The summed E-state index contributed by atoms with van der Waals surface area (Å²) >= 11 is 1.15. The Hall–Kier alpha value is -2.37. The van der Waals surface area contributed by atoms with Crippen molar-refractivity contribution in [3.05, 3.63) is 47.2 Å². The molecule has 0 bridgehead atoms. The number of thioether (sulfide) groups is 1. The zero-order chi connectivity index (χ0) is 24.8. The number of hydrogen-bond acceptors (Lipinski definition) is 7. The summed E-state index contributed by atoms with van der Waals surface area (Å²) in [6, 6.07) is 8.06. The van der Waals surface area contributed by atoms with Gasteiger partial charge in [0.05, 0.1) is 6.10 Å². The van der Waals surface area contributed by atoms with E-state index in [9.17, 15) is 18.0 Å².